The first-order chi connectivity index (χ1) is 14.1. The standard InChI is InChI=1S/C24H31F3N2O.ClH/c1-17(2)29-14-13-23(18-5-9-21(10-6-18)28(3)4)19(15-29)16-30-22-11-7-20(8-12-22)24(25,26)27;/h5-12,17,19,23H,13-16H2,1-4H3;1H/t19-,23-;/m1./s1. The van der Waals surface area contributed by atoms with Gasteiger partial charge in [0.15, 0.2) is 0 Å². The molecule has 0 saturated carbocycles. The van der Waals surface area contributed by atoms with E-state index in [1.807, 2.05) is 14.1 Å². The minimum absolute atomic E-state index is 0. The van der Waals surface area contributed by atoms with E-state index < -0.39 is 11.7 Å². The third kappa shape index (κ3) is 6.53. The Bertz CT molecular complexity index is 807. The van der Waals surface area contributed by atoms with Crippen LogP contribution in [0.5, 0.6) is 5.75 Å². The molecule has 31 heavy (non-hydrogen) atoms. The molecule has 2 atom stereocenters. The molecule has 0 unspecified atom stereocenters. The van der Waals surface area contributed by atoms with Gasteiger partial charge < -0.3 is 14.5 Å². The highest BCUT2D eigenvalue weighted by atomic mass is 35.5. The number of benzene rings is 2. The van der Waals surface area contributed by atoms with Crippen LogP contribution in [0, 0.1) is 5.92 Å². The summed E-state index contributed by atoms with van der Waals surface area (Å²) in [6.45, 7) is 6.82. The van der Waals surface area contributed by atoms with E-state index in [2.05, 4.69) is 47.9 Å². The molecule has 0 amide bonds. The Morgan fingerprint density at radius 3 is 2.16 bits per heavy atom. The Labute approximate surface area is 189 Å². The van der Waals surface area contributed by atoms with Gasteiger partial charge in [-0.1, -0.05) is 12.1 Å². The van der Waals surface area contributed by atoms with Gasteiger partial charge in [-0.25, -0.2) is 0 Å². The second-order valence-electron chi connectivity index (χ2n) is 8.56. The summed E-state index contributed by atoms with van der Waals surface area (Å²) in [6, 6.07) is 14.1. The molecule has 0 spiro atoms. The predicted octanol–water partition coefficient (Wildman–Crippen LogP) is 6.09. The lowest BCUT2D eigenvalue weighted by molar-refractivity contribution is -0.137. The molecule has 1 aliphatic rings. The number of likely N-dealkylation sites (tertiary alicyclic amines) is 1. The SMILES string of the molecule is CC(C)N1CC[C@H](c2ccc(N(C)C)cc2)[C@@H](COc2ccc(C(F)(F)F)cc2)C1.Cl. The Morgan fingerprint density at radius 2 is 1.65 bits per heavy atom. The zero-order valence-corrected chi connectivity index (χ0v) is 19.3. The second-order valence-corrected chi connectivity index (χ2v) is 8.56. The minimum Gasteiger partial charge on any atom is -0.493 e. The molecule has 0 aromatic heterocycles. The number of anilines is 1. The summed E-state index contributed by atoms with van der Waals surface area (Å²) < 4.78 is 44.3. The largest absolute Gasteiger partial charge is 0.493 e. The van der Waals surface area contributed by atoms with E-state index in [1.165, 1.54) is 17.7 Å². The maximum Gasteiger partial charge on any atom is 0.416 e. The predicted molar refractivity (Wildman–Crippen MR) is 123 cm³/mol. The highest BCUT2D eigenvalue weighted by Crippen LogP contribution is 2.35. The van der Waals surface area contributed by atoms with E-state index in [0.717, 1.165) is 37.3 Å². The van der Waals surface area contributed by atoms with Crippen LogP contribution in [-0.2, 0) is 6.18 Å². The third-order valence-corrected chi connectivity index (χ3v) is 5.98. The summed E-state index contributed by atoms with van der Waals surface area (Å²) in [5.41, 5.74) is 1.80. The lowest BCUT2D eigenvalue weighted by Crippen LogP contribution is -2.45. The zero-order valence-electron chi connectivity index (χ0n) is 18.5. The van der Waals surface area contributed by atoms with Gasteiger partial charge in [0, 0.05) is 38.3 Å². The first-order valence-corrected chi connectivity index (χ1v) is 10.5. The molecule has 1 saturated heterocycles. The normalized spacial score (nSPS) is 19.7. The van der Waals surface area contributed by atoms with E-state index >= 15 is 0 Å². The Hall–Kier alpha value is -1.92. The first-order valence-electron chi connectivity index (χ1n) is 10.5. The molecular weight excluding hydrogens is 425 g/mol. The second kappa shape index (κ2) is 10.6. The van der Waals surface area contributed by atoms with Crippen LogP contribution in [-0.4, -0.2) is 44.7 Å². The monoisotopic (exact) mass is 456 g/mol. The molecular formula is C24H32ClF3N2O. The number of ether oxygens (including phenoxy) is 1. The summed E-state index contributed by atoms with van der Waals surface area (Å²) in [6.07, 6.45) is -3.29. The number of alkyl halides is 3. The Balaban J connectivity index is 0.00000341. The summed E-state index contributed by atoms with van der Waals surface area (Å²) >= 11 is 0. The van der Waals surface area contributed by atoms with Crippen molar-refractivity contribution in [3.8, 4) is 5.75 Å². The van der Waals surface area contributed by atoms with E-state index in [0.29, 0.717) is 24.3 Å². The molecule has 1 heterocycles. The van der Waals surface area contributed by atoms with E-state index in [-0.39, 0.29) is 18.3 Å². The number of hydrogen-bond acceptors (Lipinski definition) is 3. The molecule has 3 nitrogen and oxygen atoms in total. The van der Waals surface area contributed by atoms with Crippen LogP contribution in [0.25, 0.3) is 0 Å². The fourth-order valence-electron chi connectivity index (χ4n) is 4.10. The van der Waals surface area contributed by atoms with Gasteiger partial charge in [-0.15, -0.1) is 12.4 Å². The van der Waals surface area contributed by atoms with Gasteiger partial charge in [0.2, 0.25) is 0 Å². The quantitative estimate of drug-likeness (QED) is 0.523. The van der Waals surface area contributed by atoms with Crippen molar-refractivity contribution in [3.63, 3.8) is 0 Å². The molecule has 2 aromatic rings. The van der Waals surface area contributed by atoms with Gasteiger partial charge in [-0.3, -0.25) is 0 Å². The van der Waals surface area contributed by atoms with Crippen LogP contribution >= 0.6 is 12.4 Å². The van der Waals surface area contributed by atoms with Crippen molar-refractivity contribution in [1.29, 1.82) is 0 Å². The van der Waals surface area contributed by atoms with Crippen molar-refractivity contribution in [2.24, 2.45) is 5.92 Å². The lowest BCUT2D eigenvalue weighted by atomic mass is 9.80. The van der Waals surface area contributed by atoms with E-state index in [9.17, 15) is 13.2 Å². The van der Waals surface area contributed by atoms with Crippen LogP contribution in [0.15, 0.2) is 48.5 Å². The van der Waals surface area contributed by atoms with Crippen LogP contribution in [0.4, 0.5) is 18.9 Å². The maximum atomic E-state index is 12.8. The number of hydrogen-bond donors (Lipinski definition) is 0. The number of piperidine rings is 1. The molecule has 3 rings (SSSR count). The number of halogens is 4. The lowest BCUT2D eigenvalue weighted by Gasteiger charge is -2.40. The summed E-state index contributed by atoms with van der Waals surface area (Å²) in [5, 5.41) is 0. The van der Waals surface area contributed by atoms with Crippen LogP contribution in [0.1, 0.15) is 37.3 Å². The molecule has 1 fully saturated rings. The molecule has 0 bridgehead atoms. The fraction of sp³-hybridized carbons (Fsp3) is 0.500. The topological polar surface area (TPSA) is 15.7 Å². The highest BCUT2D eigenvalue weighted by molar-refractivity contribution is 5.85. The van der Waals surface area contributed by atoms with Crippen molar-refractivity contribution < 1.29 is 17.9 Å². The van der Waals surface area contributed by atoms with Crippen molar-refractivity contribution in [2.45, 2.75) is 38.4 Å². The van der Waals surface area contributed by atoms with Crippen LogP contribution in [0.2, 0.25) is 0 Å². The van der Waals surface area contributed by atoms with Crippen molar-refractivity contribution >= 4 is 18.1 Å². The molecule has 172 valence electrons. The summed E-state index contributed by atoms with van der Waals surface area (Å²) in [7, 11) is 4.05. The molecule has 0 radical (unpaired) electrons. The number of rotatable bonds is 6. The molecule has 0 N–H and O–H groups in total. The van der Waals surface area contributed by atoms with Gasteiger partial charge in [0.05, 0.1) is 12.2 Å². The zero-order chi connectivity index (χ0) is 21.9. The Morgan fingerprint density at radius 1 is 1.03 bits per heavy atom. The maximum absolute atomic E-state index is 12.8. The Kier molecular flexibility index (Phi) is 8.66. The average molecular weight is 457 g/mol. The smallest absolute Gasteiger partial charge is 0.416 e. The molecule has 7 heteroatoms. The summed E-state index contributed by atoms with van der Waals surface area (Å²) in [4.78, 5) is 4.53. The fourth-order valence-corrected chi connectivity index (χ4v) is 4.10. The molecule has 1 aliphatic heterocycles. The van der Waals surface area contributed by atoms with Crippen LogP contribution < -0.4 is 9.64 Å². The summed E-state index contributed by atoms with van der Waals surface area (Å²) in [5.74, 6) is 1.12. The van der Waals surface area contributed by atoms with Crippen molar-refractivity contribution in [1.82, 2.24) is 4.90 Å². The van der Waals surface area contributed by atoms with Gasteiger partial charge >= 0.3 is 6.18 Å². The van der Waals surface area contributed by atoms with E-state index in [1.54, 1.807) is 0 Å². The van der Waals surface area contributed by atoms with Gasteiger partial charge in [-0.2, -0.15) is 13.2 Å². The minimum atomic E-state index is -4.33. The average Bonchev–Trinajstić information content (AvgIpc) is 2.71. The first kappa shape index (κ1) is 25.3. The third-order valence-electron chi connectivity index (χ3n) is 5.98. The van der Waals surface area contributed by atoms with Crippen molar-refractivity contribution in [3.05, 3.63) is 59.7 Å². The highest BCUT2D eigenvalue weighted by Gasteiger charge is 2.32. The van der Waals surface area contributed by atoms with E-state index in [4.69, 9.17) is 4.74 Å². The van der Waals surface area contributed by atoms with Crippen molar-refractivity contribution in [2.75, 3.05) is 38.7 Å². The van der Waals surface area contributed by atoms with Gasteiger partial charge in [0.1, 0.15) is 5.75 Å². The molecule has 0 aliphatic carbocycles. The van der Waals surface area contributed by atoms with Crippen LogP contribution in [0.3, 0.4) is 0 Å². The van der Waals surface area contributed by atoms with Gasteiger partial charge in [0.25, 0.3) is 0 Å². The number of nitrogens with zero attached hydrogens (tertiary/aromatic N) is 2. The van der Waals surface area contributed by atoms with Gasteiger partial charge in [-0.05, 0) is 74.7 Å². The molecule has 2 aromatic carbocycles.